The summed E-state index contributed by atoms with van der Waals surface area (Å²) in [5.74, 6) is 1.64. The van der Waals surface area contributed by atoms with Crippen molar-refractivity contribution in [2.24, 2.45) is 0 Å². The van der Waals surface area contributed by atoms with Crippen molar-refractivity contribution in [3.05, 3.63) is 12.1 Å². The molecule has 0 aliphatic rings. The summed E-state index contributed by atoms with van der Waals surface area (Å²) >= 11 is 0. The summed E-state index contributed by atoms with van der Waals surface area (Å²) in [6.45, 7) is 0. The van der Waals surface area contributed by atoms with Gasteiger partial charge in [0.2, 0.25) is 11.7 Å². The first-order valence-corrected chi connectivity index (χ1v) is 5.66. The highest BCUT2D eigenvalue weighted by Crippen LogP contribution is 2.41. The second-order valence-electron chi connectivity index (χ2n) is 3.82. The highest BCUT2D eigenvalue weighted by atomic mass is 16.5. The number of nitrogens with two attached hydrogens (primary N) is 2. The van der Waals surface area contributed by atoms with Crippen LogP contribution in [0.15, 0.2) is 12.1 Å². The molecule has 0 aliphatic heterocycles. The van der Waals surface area contributed by atoms with Crippen molar-refractivity contribution in [1.82, 2.24) is 15.2 Å². The van der Waals surface area contributed by atoms with E-state index in [-0.39, 0.29) is 11.8 Å². The Balaban J connectivity index is 2.62. The molecule has 20 heavy (non-hydrogen) atoms. The molecule has 4 N–H and O–H groups in total. The van der Waals surface area contributed by atoms with Gasteiger partial charge >= 0.3 is 0 Å². The number of aromatic nitrogens is 3. The van der Waals surface area contributed by atoms with E-state index in [0.717, 1.165) is 0 Å². The maximum Gasteiger partial charge on any atom is 0.242 e. The number of nitrogen functional groups attached to an aromatic ring is 2. The van der Waals surface area contributed by atoms with Crippen LogP contribution < -0.4 is 25.7 Å². The SMILES string of the molecule is COc1cc(-c2nnc(N)nc2N)cc(OC)c1OC. The zero-order chi connectivity index (χ0) is 14.7. The lowest BCUT2D eigenvalue weighted by atomic mass is 10.1. The number of hydrogen-bond acceptors (Lipinski definition) is 8. The van der Waals surface area contributed by atoms with Gasteiger partial charge < -0.3 is 25.7 Å². The third-order valence-electron chi connectivity index (χ3n) is 2.67. The Hall–Kier alpha value is -2.77. The summed E-state index contributed by atoms with van der Waals surface area (Å²) in [6.07, 6.45) is 0. The van der Waals surface area contributed by atoms with Gasteiger partial charge in [0.05, 0.1) is 21.3 Å². The van der Waals surface area contributed by atoms with Gasteiger partial charge in [0, 0.05) is 5.56 Å². The zero-order valence-corrected chi connectivity index (χ0v) is 11.4. The van der Waals surface area contributed by atoms with Crippen LogP contribution >= 0.6 is 0 Å². The van der Waals surface area contributed by atoms with Gasteiger partial charge in [0.25, 0.3) is 0 Å². The second-order valence-corrected chi connectivity index (χ2v) is 3.82. The molecule has 2 aromatic rings. The molecule has 0 saturated carbocycles. The summed E-state index contributed by atoms with van der Waals surface area (Å²) in [7, 11) is 4.58. The number of benzene rings is 1. The number of anilines is 2. The quantitative estimate of drug-likeness (QED) is 0.839. The Kier molecular flexibility index (Phi) is 3.74. The highest BCUT2D eigenvalue weighted by molar-refractivity contribution is 5.74. The highest BCUT2D eigenvalue weighted by Gasteiger charge is 2.17. The van der Waals surface area contributed by atoms with Crippen LogP contribution in [-0.2, 0) is 0 Å². The van der Waals surface area contributed by atoms with Crippen LogP contribution in [0.5, 0.6) is 17.2 Å². The lowest BCUT2D eigenvalue weighted by Gasteiger charge is -2.14. The number of hydrogen-bond donors (Lipinski definition) is 2. The van der Waals surface area contributed by atoms with Gasteiger partial charge in [-0.25, -0.2) is 0 Å². The van der Waals surface area contributed by atoms with E-state index in [0.29, 0.717) is 28.5 Å². The van der Waals surface area contributed by atoms with Crippen molar-refractivity contribution in [3.63, 3.8) is 0 Å². The molecule has 0 fully saturated rings. The Labute approximate surface area is 115 Å². The molecule has 0 bridgehead atoms. The molecule has 0 radical (unpaired) electrons. The third kappa shape index (κ3) is 2.35. The molecule has 2 rings (SSSR count). The molecule has 0 aliphatic carbocycles. The van der Waals surface area contributed by atoms with Crippen LogP contribution in [0.3, 0.4) is 0 Å². The number of methoxy groups -OCH3 is 3. The Morgan fingerprint density at radius 2 is 1.50 bits per heavy atom. The standard InChI is InChI=1S/C12H15N5O3/c1-18-7-4-6(5-8(19-2)10(7)20-3)9-11(13)15-12(14)17-16-9/h4-5H,1-3H3,(H4,13,14,15,17). The topological polar surface area (TPSA) is 118 Å². The average Bonchev–Trinajstić information content (AvgIpc) is 2.45. The third-order valence-corrected chi connectivity index (χ3v) is 2.67. The van der Waals surface area contributed by atoms with Crippen LogP contribution in [-0.4, -0.2) is 36.5 Å². The van der Waals surface area contributed by atoms with E-state index in [1.807, 2.05) is 0 Å². The molecule has 1 aromatic heterocycles. The van der Waals surface area contributed by atoms with Crippen molar-refractivity contribution in [3.8, 4) is 28.5 Å². The van der Waals surface area contributed by atoms with E-state index < -0.39 is 0 Å². The van der Waals surface area contributed by atoms with Gasteiger partial charge in [0.15, 0.2) is 17.3 Å². The van der Waals surface area contributed by atoms with E-state index in [2.05, 4.69) is 15.2 Å². The van der Waals surface area contributed by atoms with Crippen LogP contribution in [0.1, 0.15) is 0 Å². The van der Waals surface area contributed by atoms with Crippen molar-refractivity contribution < 1.29 is 14.2 Å². The fourth-order valence-corrected chi connectivity index (χ4v) is 1.77. The molecule has 0 atom stereocenters. The van der Waals surface area contributed by atoms with Gasteiger partial charge in [-0.3, -0.25) is 0 Å². The van der Waals surface area contributed by atoms with Gasteiger partial charge in [-0.15, -0.1) is 10.2 Å². The van der Waals surface area contributed by atoms with Gasteiger partial charge in [-0.1, -0.05) is 0 Å². The van der Waals surface area contributed by atoms with E-state index in [4.69, 9.17) is 25.7 Å². The molecular weight excluding hydrogens is 262 g/mol. The molecular formula is C12H15N5O3. The van der Waals surface area contributed by atoms with E-state index in [1.54, 1.807) is 12.1 Å². The van der Waals surface area contributed by atoms with Gasteiger partial charge in [-0.05, 0) is 12.1 Å². The molecule has 0 unspecified atom stereocenters. The summed E-state index contributed by atoms with van der Waals surface area (Å²) in [5.41, 5.74) is 12.3. The average molecular weight is 277 g/mol. The van der Waals surface area contributed by atoms with Crippen LogP contribution in [0.4, 0.5) is 11.8 Å². The summed E-state index contributed by atoms with van der Waals surface area (Å²) < 4.78 is 15.8. The van der Waals surface area contributed by atoms with Crippen LogP contribution in [0.25, 0.3) is 11.3 Å². The predicted molar refractivity (Wildman–Crippen MR) is 73.7 cm³/mol. The fourth-order valence-electron chi connectivity index (χ4n) is 1.77. The molecule has 106 valence electrons. The number of rotatable bonds is 4. The minimum absolute atomic E-state index is 0.0127. The normalized spacial score (nSPS) is 10.2. The van der Waals surface area contributed by atoms with E-state index in [1.165, 1.54) is 21.3 Å². The predicted octanol–water partition coefficient (Wildman–Crippen LogP) is 0.729. The van der Waals surface area contributed by atoms with Crippen LogP contribution in [0.2, 0.25) is 0 Å². The smallest absolute Gasteiger partial charge is 0.242 e. The van der Waals surface area contributed by atoms with Crippen LogP contribution in [0, 0.1) is 0 Å². The number of ether oxygens (including phenoxy) is 3. The Bertz CT molecular complexity index is 607. The first-order valence-electron chi connectivity index (χ1n) is 5.66. The minimum atomic E-state index is 0.0127. The second kappa shape index (κ2) is 5.47. The molecule has 1 heterocycles. The first kappa shape index (κ1) is 13.7. The van der Waals surface area contributed by atoms with Crippen molar-refractivity contribution in [2.75, 3.05) is 32.8 Å². The Morgan fingerprint density at radius 1 is 0.900 bits per heavy atom. The molecule has 8 heteroatoms. The largest absolute Gasteiger partial charge is 0.493 e. The van der Waals surface area contributed by atoms with E-state index in [9.17, 15) is 0 Å². The van der Waals surface area contributed by atoms with E-state index >= 15 is 0 Å². The summed E-state index contributed by atoms with van der Waals surface area (Å²) in [5, 5.41) is 7.63. The fraction of sp³-hybridized carbons (Fsp3) is 0.250. The molecule has 0 saturated heterocycles. The molecule has 0 spiro atoms. The lowest BCUT2D eigenvalue weighted by molar-refractivity contribution is 0.324. The molecule has 8 nitrogen and oxygen atoms in total. The van der Waals surface area contributed by atoms with Gasteiger partial charge in [0.1, 0.15) is 5.69 Å². The number of nitrogens with zero attached hydrogens (tertiary/aromatic N) is 3. The maximum atomic E-state index is 5.80. The monoisotopic (exact) mass is 277 g/mol. The van der Waals surface area contributed by atoms with Crippen molar-refractivity contribution in [1.29, 1.82) is 0 Å². The first-order chi connectivity index (χ1) is 9.60. The van der Waals surface area contributed by atoms with Crippen molar-refractivity contribution >= 4 is 11.8 Å². The lowest BCUT2D eigenvalue weighted by Crippen LogP contribution is -2.05. The summed E-state index contributed by atoms with van der Waals surface area (Å²) in [6, 6.07) is 3.42. The van der Waals surface area contributed by atoms with Crippen molar-refractivity contribution in [2.45, 2.75) is 0 Å². The molecule has 1 aromatic carbocycles. The van der Waals surface area contributed by atoms with Gasteiger partial charge in [-0.2, -0.15) is 4.98 Å². The maximum absolute atomic E-state index is 5.80. The summed E-state index contributed by atoms with van der Waals surface area (Å²) in [4.78, 5) is 3.87. The molecule has 0 amide bonds. The minimum Gasteiger partial charge on any atom is -0.493 e. The zero-order valence-electron chi connectivity index (χ0n) is 11.4. The Morgan fingerprint density at radius 3 is 1.95 bits per heavy atom.